The summed E-state index contributed by atoms with van der Waals surface area (Å²) in [4.78, 5) is 0. The minimum Gasteiger partial charge on any atom is -0.317 e. The fourth-order valence-corrected chi connectivity index (χ4v) is 0.530. The average Bonchev–Trinajstić information content (AvgIpc) is 1.69. The minimum absolute atomic E-state index is 0.692. The van der Waals surface area contributed by atoms with Gasteiger partial charge in [0, 0.05) is 6.54 Å². The number of rotatable bonds is 4. The van der Waals surface area contributed by atoms with Crippen molar-refractivity contribution in [2.24, 2.45) is 0 Å². The van der Waals surface area contributed by atoms with Crippen LogP contribution < -0.4 is 4.72 Å². The van der Waals surface area contributed by atoms with Crippen LogP contribution in [-0.2, 0) is 0 Å². The first-order valence-electron chi connectivity index (χ1n) is 2.45. The van der Waals surface area contributed by atoms with Crippen molar-refractivity contribution in [3.05, 3.63) is 0 Å². The zero-order chi connectivity index (χ0) is 5.54. The van der Waals surface area contributed by atoms with E-state index in [4.69, 9.17) is 4.55 Å². The summed E-state index contributed by atoms with van der Waals surface area (Å²) in [5.41, 5.74) is 0. The van der Waals surface area contributed by atoms with Crippen molar-refractivity contribution >= 4 is 12.2 Å². The van der Waals surface area contributed by atoms with Gasteiger partial charge in [0.2, 0.25) is 0 Å². The van der Waals surface area contributed by atoms with Crippen LogP contribution in [0.15, 0.2) is 0 Å². The molecule has 0 unspecified atom stereocenters. The highest BCUT2D eigenvalue weighted by Gasteiger charge is 1.79. The molecular formula is C4H11NOS. The first-order chi connectivity index (χ1) is 3.41. The van der Waals surface area contributed by atoms with E-state index in [1.807, 2.05) is 0 Å². The van der Waals surface area contributed by atoms with Gasteiger partial charge in [0.05, 0.1) is 12.2 Å². The van der Waals surface area contributed by atoms with Crippen molar-refractivity contribution in [2.45, 2.75) is 19.8 Å². The molecule has 0 saturated carbocycles. The topological polar surface area (TPSA) is 32.3 Å². The highest BCUT2D eigenvalue weighted by molar-refractivity contribution is 7.91. The summed E-state index contributed by atoms with van der Waals surface area (Å²) in [5.74, 6) is 0. The standard InChI is InChI=1S/C4H11NOS/c1-2-3-4-5-7-6/h5-6H,2-4H2,1H3. The molecular weight excluding hydrogens is 110 g/mol. The fraction of sp³-hybridized carbons (Fsp3) is 1.00. The van der Waals surface area contributed by atoms with Crippen LogP contribution in [0.3, 0.4) is 0 Å². The normalized spacial score (nSPS) is 9.43. The molecule has 7 heavy (non-hydrogen) atoms. The number of hydrogen-bond donors (Lipinski definition) is 2. The third-order valence-corrected chi connectivity index (χ3v) is 1.03. The SMILES string of the molecule is CCCCNSO. The molecule has 2 nitrogen and oxygen atoms in total. The zero-order valence-electron chi connectivity index (χ0n) is 4.48. The van der Waals surface area contributed by atoms with Crippen molar-refractivity contribution in [1.82, 2.24) is 4.72 Å². The van der Waals surface area contributed by atoms with Gasteiger partial charge in [-0.05, 0) is 6.42 Å². The summed E-state index contributed by atoms with van der Waals surface area (Å²) < 4.78 is 10.8. The molecule has 0 aromatic heterocycles. The van der Waals surface area contributed by atoms with E-state index < -0.39 is 0 Å². The van der Waals surface area contributed by atoms with E-state index in [1.54, 1.807) is 0 Å². The highest BCUT2D eigenvalue weighted by Crippen LogP contribution is 1.86. The fourth-order valence-electron chi connectivity index (χ4n) is 0.295. The quantitative estimate of drug-likeness (QED) is 0.336. The molecule has 2 N–H and O–H groups in total. The molecule has 44 valence electrons. The van der Waals surface area contributed by atoms with Crippen LogP contribution in [0.2, 0.25) is 0 Å². The summed E-state index contributed by atoms with van der Waals surface area (Å²) in [6, 6.07) is 0. The van der Waals surface area contributed by atoms with Crippen LogP contribution in [0, 0.1) is 0 Å². The van der Waals surface area contributed by atoms with Gasteiger partial charge >= 0.3 is 0 Å². The van der Waals surface area contributed by atoms with Gasteiger partial charge in [-0.1, -0.05) is 13.3 Å². The summed E-state index contributed by atoms with van der Waals surface area (Å²) >= 11 is 0.692. The smallest absolute Gasteiger partial charge is 0.0759 e. The molecule has 0 fully saturated rings. The Morgan fingerprint density at radius 3 is 2.86 bits per heavy atom. The average molecular weight is 121 g/mol. The van der Waals surface area contributed by atoms with Crippen molar-refractivity contribution in [2.75, 3.05) is 6.54 Å². The van der Waals surface area contributed by atoms with Crippen LogP contribution in [-0.4, -0.2) is 11.1 Å². The minimum atomic E-state index is 0.692. The molecule has 0 aliphatic carbocycles. The lowest BCUT2D eigenvalue weighted by Crippen LogP contribution is -2.02. The van der Waals surface area contributed by atoms with Crippen molar-refractivity contribution in [1.29, 1.82) is 0 Å². The van der Waals surface area contributed by atoms with Crippen LogP contribution in [0.1, 0.15) is 19.8 Å². The van der Waals surface area contributed by atoms with Crippen LogP contribution in [0.25, 0.3) is 0 Å². The molecule has 0 atom stereocenters. The maximum atomic E-state index is 8.10. The monoisotopic (exact) mass is 121 g/mol. The van der Waals surface area contributed by atoms with Gasteiger partial charge in [-0.3, -0.25) is 0 Å². The zero-order valence-corrected chi connectivity index (χ0v) is 5.29. The number of hydrogen-bond acceptors (Lipinski definition) is 3. The first-order valence-corrected chi connectivity index (χ1v) is 3.22. The molecule has 0 saturated heterocycles. The van der Waals surface area contributed by atoms with Crippen molar-refractivity contribution in [3.63, 3.8) is 0 Å². The van der Waals surface area contributed by atoms with E-state index >= 15 is 0 Å². The van der Waals surface area contributed by atoms with E-state index in [0.717, 1.165) is 13.0 Å². The summed E-state index contributed by atoms with van der Waals surface area (Å²) in [6.07, 6.45) is 2.31. The second kappa shape index (κ2) is 6.27. The lowest BCUT2D eigenvalue weighted by molar-refractivity contribution is 0.643. The Hall–Kier alpha value is 0.270. The Labute approximate surface area is 48.6 Å². The second-order valence-corrected chi connectivity index (χ2v) is 1.81. The Bertz CT molecular complexity index is 30.9. The van der Waals surface area contributed by atoms with Gasteiger partial charge < -0.3 is 4.55 Å². The molecule has 0 amide bonds. The molecule has 0 aromatic carbocycles. The third-order valence-electron chi connectivity index (χ3n) is 0.697. The van der Waals surface area contributed by atoms with Gasteiger partial charge in [0.25, 0.3) is 0 Å². The van der Waals surface area contributed by atoms with E-state index in [-0.39, 0.29) is 0 Å². The molecule has 0 bridgehead atoms. The second-order valence-electron chi connectivity index (χ2n) is 1.34. The van der Waals surface area contributed by atoms with Gasteiger partial charge in [-0.2, -0.15) is 0 Å². The molecule has 0 spiro atoms. The first kappa shape index (κ1) is 7.27. The molecule has 0 rings (SSSR count). The Balaban J connectivity index is 2.45. The Morgan fingerprint density at radius 1 is 1.71 bits per heavy atom. The van der Waals surface area contributed by atoms with Crippen LogP contribution >= 0.6 is 12.2 Å². The van der Waals surface area contributed by atoms with Gasteiger partial charge in [0.1, 0.15) is 0 Å². The van der Waals surface area contributed by atoms with E-state index in [0.29, 0.717) is 12.2 Å². The van der Waals surface area contributed by atoms with Crippen molar-refractivity contribution in [3.8, 4) is 0 Å². The molecule has 0 radical (unpaired) electrons. The number of nitrogens with one attached hydrogen (secondary N) is 1. The molecule has 0 aliphatic heterocycles. The maximum Gasteiger partial charge on any atom is 0.0759 e. The largest absolute Gasteiger partial charge is 0.317 e. The predicted molar refractivity (Wildman–Crippen MR) is 33.1 cm³/mol. The molecule has 0 aliphatic rings. The summed E-state index contributed by atoms with van der Waals surface area (Å²) in [6.45, 7) is 3.02. The summed E-state index contributed by atoms with van der Waals surface area (Å²) in [7, 11) is 0. The van der Waals surface area contributed by atoms with Crippen LogP contribution in [0.5, 0.6) is 0 Å². The van der Waals surface area contributed by atoms with E-state index in [9.17, 15) is 0 Å². The molecule has 0 heterocycles. The van der Waals surface area contributed by atoms with Crippen molar-refractivity contribution < 1.29 is 4.55 Å². The molecule has 0 aromatic rings. The lowest BCUT2D eigenvalue weighted by Gasteiger charge is -1.92. The van der Waals surface area contributed by atoms with Gasteiger partial charge in [-0.25, -0.2) is 4.72 Å². The number of unbranched alkanes of at least 4 members (excludes halogenated alkanes) is 1. The lowest BCUT2D eigenvalue weighted by atomic mass is 10.3. The Morgan fingerprint density at radius 2 is 2.43 bits per heavy atom. The van der Waals surface area contributed by atoms with Gasteiger partial charge in [-0.15, -0.1) is 0 Å². The maximum absolute atomic E-state index is 8.10. The van der Waals surface area contributed by atoms with E-state index in [2.05, 4.69) is 11.6 Å². The highest BCUT2D eigenvalue weighted by atomic mass is 32.2. The molecule has 3 heteroatoms. The van der Waals surface area contributed by atoms with Crippen LogP contribution in [0.4, 0.5) is 0 Å². The predicted octanol–water partition coefficient (Wildman–Crippen LogP) is 1.50. The third kappa shape index (κ3) is 6.27. The van der Waals surface area contributed by atoms with Gasteiger partial charge in [0.15, 0.2) is 0 Å². The van der Waals surface area contributed by atoms with E-state index in [1.165, 1.54) is 6.42 Å². The summed E-state index contributed by atoms with van der Waals surface area (Å²) in [5, 5.41) is 0. The Kier molecular flexibility index (Phi) is 6.51.